The van der Waals surface area contributed by atoms with E-state index in [1.807, 2.05) is 38.2 Å². The summed E-state index contributed by atoms with van der Waals surface area (Å²) < 4.78 is 27.8. The minimum absolute atomic E-state index is 0.0896. The molecular formula is C28H35N3O8. The summed E-state index contributed by atoms with van der Waals surface area (Å²) in [4.78, 5) is 30.5. The Hall–Kier alpha value is -3.70. The first-order valence-electron chi connectivity index (χ1n) is 12.9. The number of nitrogens with one attached hydrogen (secondary N) is 1. The van der Waals surface area contributed by atoms with Gasteiger partial charge in [-0.15, -0.1) is 0 Å². The minimum Gasteiger partial charge on any atom is -0.502 e. The highest BCUT2D eigenvalue weighted by Gasteiger charge is 2.53. The summed E-state index contributed by atoms with van der Waals surface area (Å²) in [6, 6.07) is 6.70. The molecular weight excluding hydrogens is 506 g/mol. The van der Waals surface area contributed by atoms with Crippen molar-refractivity contribution in [2.24, 2.45) is 11.8 Å². The van der Waals surface area contributed by atoms with Crippen molar-refractivity contribution in [2.75, 3.05) is 68.4 Å². The van der Waals surface area contributed by atoms with Gasteiger partial charge < -0.3 is 39.0 Å². The van der Waals surface area contributed by atoms with E-state index in [2.05, 4.69) is 10.2 Å². The van der Waals surface area contributed by atoms with Crippen LogP contribution < -0.4 is 24.3 Å². The van der Waals surface area contributed by atoms with E-state index in [0.717, 1.165) is 24.2 Å². The van der Waals surface area contributed by atoms with E-state index >= 15 is 0 Å². The zero-order chi connectivity index (χ0) is 27.8. The van der Waals surface area contributed by atoms with Crippen molar-refractivity contribution < 1.29 is 38.4 Å². The summed E-state index contributed by atoms with van der Waals surface area (Å²) >= 11 is 0. The highest BCUT2D eigenvalue weighted by molar-refractivity contribution is 5.81. The van der Waals surface area contributed by atoms with Crippen LogP contribution in [-0.2, 0) is 14.3 Å². The van der Waals surface area contributed by atoms with Gasteiger partial charge in [0.15, 0.2) is 23.0 Å². The molecule has 11 heteroatoms. The van der Waals surface area contributed by atoms with Crippen molar-refractivity contribution in [3.05, 3.63) is 41.0 Å². The monoisotopic (exact) mass is 541 g/mol. The highest BCUT2D eigenvalue weighted by atomic mass is 16.7. The smallest absolute Gasteiger partial charge is 0.310 e. The van der Waals surface area contributed by atoms with Gasteiger partial charge in [-0.05, 0) is 62.1 Å². The highest BCUT2D eigenvalue weighted by Crippen LogP contribution is 2.55. The van der Waals surface area contributed by atoms with Gasteiger partial charge in [-0.2, -0.15) is 0 Å². The number of cyclic esters (lactones) is 1. The van der Waals surface area contributed by atoms with Gasteiger partial charge in [-0.25, -0.2) is 0 Å². The first-order valence-corrected chi connectivity index (χ1v) is 12.9. The second-order valence-electron chi connectivity index (χ2n) is 10.5. The predicted octanol–water partition coefficient (Wildman–Crippen LogP) is 1.72. The number of phenolic OH excluding ortho intramolecular Hbond substituents is 1. The molecule has 2 N–H and O–H groups in total. The molecule has 2 aliphatic heterocycles. The number of carbonyl (C=O) groups is 2. The van der Waals surface area contributed by atoms with Gasteiger partial charge in [0.1, 0.15) is 0 Å². The van der Waals surface area contributed by atoms with Crippen LogP contribution in [0, 0.1) is 11.8 Å². The number of benzene rings is 2. The fraction of sp³-hybridized carbons (Fsp3) is 0.500. The van der Waals surface area contributed by atoms with E-state index in [4.69, 9.17) is 23.7 Å². The average molecular weight is 542 g/mol. The SMILES string of the molecule is COc1cc(C2c3cc4c(cc3C(NC(=O)CN(C)CCN(C)C)C3COC(=O)C23)OCO4)cc(OC)c1O. The minimum atomic E-state index is -0.589. The molecule has 5 rings (SSSR count). The Balaban J connectivity index is 1.57. The normalized spacial score (nSPS) is 22.9. The first kappa shape index (κ1) is 26.9. The molecule has 0 bridgehead atoms. The number of rotatable bonds is 9. The van der Waals surface area contributed by atoms with Crippen LogP contribution in [-0.4, -0.2) is 95.2 Å². The molecule has 0 radical (unpaired) electrons. The number of carbonyl (C=O) groups excluding carboxylic acids is 2. The van der Waals surface area contributed by atoms with Crippen LogP contribution >= 0.6 is 0 Å². The molecule has 0 spiro atoms. The van der Waals surface area contributed by atoms with Gasteiger partial charge in [0.05, 0.1) is 39.3 Å². The number of hydrogen-bond donors (Lipinski definition) is 2. The molecule has 4 atom stereocenters. The fourth-order valence-corrected chi connectivity index (χ4v) is 5.76. The van der Waals surface area contributed by atoms with Crippen molar-refractivity contribution in [1.82, 2.24) is 15.1 Å². The van der Waals surface area contributed by atoms with E-state index in [-0.39, 0.29) is 55.0 Å². The maximum Gasteiger partial charge on any atom is 0.310 e. The van der Waals surface area contributed by atoms with Crippen LogP contribution in [0.4, 0.5) is 0 Å². The molecule has 1 saturated heterocycles. The van der Waals surface area contributed by atoms with E-state index in [9.17, 15) is 14.7 Å². The summed E-state index contributed by atoms with van der Waals surface area (Å²) in [6.07, 6.45) is 0. The number of nitrogens with zero attached hydrogens (tertiary/aromatic N) is 2. The molecule has 0 aromatic heterocycles. The van der Waals surface area contributed by atoms with E-state index in [1.165, 1.54) is 14.2 Å². The molecule has 2 heterocycles. The van der Waals surface area contributed by atoms with Crippen molar-refractivity contribution in [3.63, 3.8) is 0 Å². The molecule has 11 nitrogen and oxygen atoms in total. The Morgan fingerprint density at radius 1 is 1.00 bits per heavy atom. The molecule has 210 valence electrons. The molecule has 3 aliphatic rings. The Morgan fingerprint density at radius 3 is 2.26 bits per heavy atom. The van der Waals surface area contributed by atoms with E-state index < -0.39 is 17.9 Å². The zero-order valence-electron chi connectivity index (χ0n) is 22.9. The number of methoxy groups -OCH3 is 2. The Bertz CT molecular complexity index is 1240. The third-order valence-electron chi connectivity index (χ3n) is 7.71. The van der Waals surface area contributed by atoms with Crippen LogP contribution in [0.15, 0.2) is 24.3 Å². The number of fused-ring (bicyclic) bond motifs is 3. The summed E-state index contributed by atoms with van der Waals surface area (Å²) in [6.45, 7) is 2.04. The van der Waals surface area contributed by atoms with E-state index in [1.54, 1.807) is 12.1 Å². The third-order valence-corrected chi connectivity index (χ3v) is 7.71. The maximum absolute atomic E-state index is 13.3. The predicted molar refractivity (Wildman–Crippen MR) is 140 cm³/mol. The molecule has 1 aliphatic carbocycles. The summed E-state index contributed by atoms with van der Waals surface area (Å²) in [5, 5.41) is 13.7. The number of hydrogen-bond acceptors (Lipinski definition) is 10. The summed E-state index contributed by atoms with van der Waals surface area (Å²) in [5.41, 5.74) is 2.35. The Kier molecular flexibility index (Phi) is 7.46. The molecule has 0 saturated carbocycles. The Labute approximate surface area is 227 Å². The Morgan fingerprint density at radius 2 is 1.64 bits per heavy atom. The zero-order valence-corrected chi connectivity index (χ0v) is 22.9. The number of phenols is 1. The van der Waals surface area contributed by atoms with E-state index in [0.29, 0.717) is 17.1 Å². The molecule has 4 unspecified atom stereocenters. The maximum atomic E-state index is 13.3. The van der Waals surface area contributed by atoms with Gasteiger partial charge in [0.2, 0.25) is 18.4 Å². The largest absolute Gasteiger partial charge is 0.502 e. The molecule has 2 aromatic rings. The lowest BCUT2D eigenvalue weighted by Crippen LogP contribution is -2.45. The van der Waals surface area contributed by atoms with Crippen LogP contribution in [0.5, 0.6) is 28.7 Å². The summed E-state index contributed by atoms with van der Waals surface area (Å²) in [5.74, 6) is -0.388. The number of amides is 1. The van der Waals surface area contributed by atoms with Crippen molar-refractivity contribution in [1.29, 1.82) is 0 Å². The lowest BCUT2D eigenvalue weighted by molar-refractivity contribution is -0.141. The van der Waals surface area contributed by atoms with Crippen LogP contribution in [0.25, 0.3) is 0 Å². The number of likely N-dealkylation sites (N-methyl/N-ethyl adjacent to an activating group) is 2. The quantitative estimate of drug-likeness (QED) is 0.454. The van der Waals surface area contributed by atoms with Crippen molar-refractivity contribution >= 4 is 11.9 Å². The van der Waals surface area contributed by atoms with Crippen LogP contribution in [0.1, 0.15) is 28.7 Å². The van der Waals surface area contributed by atoms with Gasteiger partial charge in [0.25, 0.3) is 0 Å². The number of aromatic hydroxyl groups is 1. The first-order chi connectivity index (χ1) is 18.7. The molecule has 1 amide bonds. The molecule has 1 fully saturated rings. The van der Waals surface area contributed by atoms with Crippen LogP contribution in [0.3, 0.4) is 0 Å². The number of esters is 1. The van der Waals surface area contributed by atoms with Crippen molar-refractivity contribution in [3.8, 4) is 28.7 Å². The van der Waals surface area contributed by atoms with Gasteiger partial charge in [-0.3, -0.25) is 14.5 Å². The summed E-state index contributed by atoms with van der Waals surface area (Å²) in [7, 11) is 8.80. The van der Waals surface area contributed by atoms with Gasteiger partial charge >= 0.3 is 5.97 Å². The lowest BCUT2D eigenvalue weighted by atomic mass is 9.65. The molecule has 39 heavy (non-hydrogen) atoms. The lowest BCUT2D eigenvalue weighted by Gasteiger charge is -2.39. The van der Waals surface area contributed by atoms with Gasteiger partial charge in [-0.1, -0.05) is 0 Å². The number of ether oxygens (including phenoxy) is 5. The second-order valence-corrected chi connectivity index (χ2v) is 10.5. The van der Waals surface area contributed by atoms with Crippen molar-refractivity contribution in [2.45, 2.75) is 12.0 Å². The topological polar surface area (TPSA) is 119 Å². The average Bonchev–Trinajstić information content (AvgIpc) is 3.53. The third kappa shape index (κ3) is 5.04. The molecule has 2 aromatic carbocycles. The second kappa shape index (κ2) is 10.8. The standard InChI is InChI=1S/C28H35N3O8/c1-30(2)6-7-31(3)12-23(32)29-26-17-11-20-19(38-14-39-20)10-16(17)24(25-18(26)13-37-28(25)34)15-8-21(35-4)27(33)22(9-15)36-5/h8-11,18,24-26,33H,6-7,12-14H2,1-5H3,(H,29,32). The van der Waals surface area contributed by atoms with Crippen LogP contribution in [0.2, 0.25) is 0 Å². The van der Waals surface area contributed by atoms with Gasteiger partial charge in [0, 0.05) is 24.9 Å². The fourth-order valence-electron chi connectivity index (χ4n) is 5.76.